The van der Waals surface area contributed by atoms with Gasteiger partial charge in [-0.25, -0.2) is 4.39 Å². The van der Waals surface area contributed by atoms with E-state index in [1.54, 1.807) is 0 Å². The zero-order chi connectivity index (χ0) is 19.5. The molecule has 1 aliphatic rings. The van der Waals surface area contributed by atoms with Crippen molar-refractivity contribution in [3.63, 3.8) is 0 Å². The highest BCUT2D eigenvalue weighted by atomic mass is 19.1. The molecular formula is C18H19FN4O3. The van der Waals surface area contributed by atoms with Crippen LogP contribution in [0.2, 0.25) is 0 Å². The SMILES string of the molecule is CN=C(N)NC(=O)C1=C(c2cccc(OC)c2F)C(C#N)=CCC1(C)O. The van der Waals surface area contributed by atoms with Crippen LogP contribution in [0.5, 0.6) is 5.75 Å². The Hall–Kier alpha value is -3.18. The summed E-state index contributed by atoms with van der Waals surface area (Å²) >= 11 is 0. The van der Waals surface area contributed by atoms with Crippen LogP contribution < -0.4 is 15.8 Å². The van der Waals surface area contributed by atoms with Gasteiger partial charge in [-0.05, 0) is 19.4 Å². The van der Waals surface area contributed by atoms with Gasteiger partial charge in [0.25, 0.3) is 5.91 Å². The van der Waals surface area contributed by atoms with Crippen molar-refractivity contribution in [1.82, 2.24) is 5.32 Å². The molecular weight excluding hydrogens is 339 g/mol. The number of amides is 1. The summed E-state index contributed by atoms with van der Waals surface area (Å²) in [5.41, 5.74) is 3.75. The standard InChI is InChI=1S/C18H19FN4O3/c1-18(25)8-7-10(9-20)13(14(18)16(24)23-17(21)22-2)11-5-4-6-12(26-3)15(11)19/h4-7,25H,8H2,1-3H3,(H3,21,22,23,24). The third-order valence-corrected chi connectivity index (χ3v) is 4.04. The monoisotopic (exact) mass is 358 g/mol. The molecule has 1 atom stereocenters. The van der Waals surface area contributed by atoms with Crippen LogP contribution in [0.25, 0.3) is 5.57 Å². The zero-order valence-electron chi connectivity index (χ0n) is 14.6. The number of aliphatic imine (C=N–C) groups is 1. The first kappa shape index (κ1) is 19.1. The van der Waals surface area contributed by atoms with Crippen LogP contribution in [0.4, 0.5) is 4.39 Å². The minimum absolute atomic E-state index is 0.0108. The molecule has 0 bridgehead atoms. The number of nitrogens with two attached hydrogens (primary N) is 1. The van der Waals surface area contributed by atoms with E-state index in [9.17, 15) is 19.6 Å². The summed E-state index contributed by atoms with van der Waals surface area (Å²) in [7, 11) is 2.69. The molecule has 0 saturated heterocycles. The fourth-order valence-electron chi connectivity index (χ4n) is 2.74. The fourth-order valence-corrected chi connectivity index (χ4v) is 2.74. The number of carbonyl (C=O) groups excluding carboxylic acids is 1. The molecule has 1 aromatic rings. The van der Waals surface area contributed by atoms with Crippen molar-refractivity contribution in [3.8, 4) is 11.8 Å². The van der Waals surface area contributed by atoms with E-state index in [1.165, 1.54) is 45.4 Å². The molecule has 1 aromatic carbocycles. The second kappa shape index (κ2) is 7.37. The molecule has 1 unspecified atom stereocenters. The minimum Gasteiger partial charge on any atom is -0.494 e. The first-order valence-electron chi connectivity index (χ1n) is 7.71. The van der Waals surface area contributed by atoms with Crippen LogP contribution in [0, 0.1) is 17.1 Å². The van der Waals surface area contributed by atoms with Gasteiger partial charge in [-0.1, -0.05) is 18.2 Å². The second-order valence-corrected chi connectivity index (χ2v) is 5.84. The molecule has 4 N–H and O–H groups in total. The van der Waals surface area contributed by atoms with Crippen molar-refractivity contribution < 1.29 is 19.0 Å². The largest absolute Gasteiger partial charge is 0.494 e. The van der Waals surface area contributed by atoms with E-state index >= 15 is 0 Å². The summed E-state index contributed by atoms with van der Waals surface area (Å²) in [6, 6.07) is 6.30. The Labute approximate surface area is 150 Å². The van der Waals surface area contributed by atoms with Gasteiger partial charge in [0.1, 0.15) is 0 Å². The molecule has 0 heterocycles. The first-order valence-corrected chi connectivity index (χ1v) is 7.71. The number of halogens is 1. The lowest BCUT2D eigenvalue weighted by Gasteiger charge is -2.31. The molecule has 0 saturated carbocycles. The third-order valence-electron chi connectivity index (χ3n) is 4.04. The number of ether oxygens (including phenoxy) is 1. The van der Waals surface area contributed by atoms with Gasteiger partial charge in [-0.2, -0.15) is 5.26 Å². The van der Waals surface area contributed by atoms with Gasteiger partial charge in [-0.15, -0.1) is 0 Å². The number of carbonyl (C=O) groups is 1. The lowest BCUT2D eigenvalue weighted by atomic mass is 9.77. The van der Waals surface area contributed by atoms with Crippen LogP contribution in [0.3, 0.4) is 0 Å². The van der Waals surface area contributed by atoms with E-state index in [0.717, 1.165) is 0 Å². The summed E-state index contributed by atoms with van der Waals surface area (Å²) in [6.07, 6.45) is 1.47. The number of nitriles is 1. The number of methoxy groups -OCH3 is 1. The number of allylic oxidation sites excluding steroid dienone is 2. The van der Waals surface area contributed by atoms with Gasteiger partial charge in [0.15, 0.2) is 17.5 Å². The van der Waals surface area contributed by atoms with E-state index in [4.69, 9.17) is 10.5 Å². The number of hydrogen-bond donors (Lipinski definition) is 3. The number of hydrogen-bond acceptors (Lipinski definition) is 5. The Bertz CT molecular complexity index is 879. The highest BCUT2D eigenvalue weighted by molar-refractivity contribution is 6.13. The molecule has 7 nitrogen and oxygen atoms in total. The molecule has 0 spiro atoms. The predicted molar refractivity (Wildman–Crippen MR) is 94.5 cm³/mol. The Morgan fingerprint density at radius 1 is 1.54 bits per heavy atom. The maximum absolute atomic E-state index is 14.8. The molecule has 2 rings (SSSR count). The highest BCUT2D eigenvalue weighted by Crippen LogP contribution is 2.40. The van der Waals surface area contributed by atoms with E-state index in [1.807, 2.05) is 6.07 Å². The van der Waals surface area contributed by atoms with Gasteiger partial charge in [0.2, 0.25) is 0 Å². The number of guanidine groups is 1. The number of rotatable bonds is 3. The number of nitrogens with zero attached hydrogens (tertiary/aromatic N) is 2. The summed E-state index contributed by atoms with van der Waals surface area (Å²) in [4.78, 5) is 16.4. The van der Waals surface area contributed by atoms with Crippen molar-refractivity contribution in [2.75, 3.05) is 14.2 Å². The van der Waals surface area contributed by atoms with Crippen LogP contribution in [0.1, 0.15) is 18.9 Å². The van der Waals surface area contributed by atoms with Gasteiger partial charge >= 0.3 is 0 Å². The molecule has 0 aliphatic heterocycles. The minimum atomic E-state index is -1.64. The molecule has 1 aliphatic carbocycles. The molecule has 136 valence electrons. The Balaban J connectivity index is 2.80. The third kappa shape index (κ3) is 3.43. The van der Waals surface area contributed by atoms with Gasteiger partial charge in [-0.3, -0.25) is 15.1 Å². The molecule has 1 amide bonds. The van der Waals surface area contributed by atoms with Crippen molar-refractivity contribution in [1.29, 1.82) is 5.26 Å². The van der Waals surface area contributed by atoms with Crippen LogP contribution >= 0.6 is 0 Å². The van der Waals surface area contributed by atoms with Gasteiger partial charge in [0.05, 0.1) is 29.9 Å². The topological polar surface area (TPSA) is 121 Å². The van der Waals surface area contributed by atoms with Gasteiger partial charge < -0.3 is 15.6 Å². The van der Waals surface area contributed by atoms with Crippen molar-refractivity contribution in [2.24, 2.45) is 10.7 Å². The molecule has 8 heteroatoms. The zero-order valence-corrected chi connectivity index (χ0v) is 14.6. The maximum Gasteiger partial charge on any atom is 0.257 e. The Morgan fingerprint density at radius 3 is 2.81 bits per heavy atom. The number of nitrogens with one attached hydrogen (secondary N) is 1. The molecule has 0 fully saturated rings. The summed E-state index contributed by atoms with van der Waals surface area (Å²) in [5, 5.41) is 22.5. The van der Waals surface area contributed by atoms with E-state index in [-0.39, 0.29) is 40.4 Å². The summed E-state index contributed by atoms with van der Waals surface area (Å²) in [6.45, 7) is 1.41. The van der Waals surface area contributed by atoms with Crippen LogP contribution in [-0.2, 0) is 4.79 Å². The molecule has 26 heavy (non-hydrogen) atoms. The van der Waals surface area contributed by atoms with E-state index in [0.29, 0.717) is 0 Å². The average Bonchev–Trinajstić information content (AvgIpc) is 2.60. The number of aliphatic hydroxyl groups is 1. The Morgan fingerprint density at radius 2 is 2.23 bits per heavy atom. The lowest BCUT2D eigenvalue weighted by Crippen LogP contribution is -2.44. The van der Waals surface area contributed by atoms with Gasteiger partial charge in [0, 0.05) is 18.2 Å². The highest BCUT2D eigenvalue weighted by Gasteiger charge is 2.39. The van der Waals surface area contributed by atoms with Crippen molar-refractivity contribution >= 4 is 17.4 Å². The lowest BCUT2D eigenvalue weighted by molar-refractivity contribution is -0.118. The van der Waals surface area contributed by atoms with Crippen molar-refractivity contribution in [2.45, 2.75) is 18.9 Å². The molecule has 0 aromatic heterocycles. The van der Waals surface area contributed by atoms with E-state index in [2.05, 4.69) is 10.3 Å². The van der Waals surface area contributed by atoms with Crippen LogP contribution in [-0.4, -0.2) is 36.7 Å². The van der Waals surface area contributed by atoms with E-state index < -0.39 is 17.3 Å². The second-order valence-electron chi connectivity index (χ2n) is 5.84. The maximum atomic E-state index is 14.8. The normalized spacial score (nSPS) is 20.3. The summed E-state index contributed by atoms with van der Waals surface area (Å²) in [5.74, 6) is -1.73. The quantitative estimate of drug-likeness (QED) is 0.555. The van der Waals surface area contributed by atoms with Crippen LogP contribution in [0.15, 0.2) is 40.4 Å². The Kier molecular flexibility index (Phi) is 5.43. The summed E-state index contributed by atoms with van der Waals surface area (Å²) < 4.78 is 19.8. The smallest absolute Gasteiger partial charge is 0.257 e. The van der Waals surface area contributed by atoms with Crippen molar-refractivity contribution in [3.05, 3.63) is 46.8 Å². The number of benzene rings is 1. The molecule has 0 radical (unpaired) electrons. The first-order chi connectivity index (χ1) is 12.3. The predicted octanol–water partition coefficient (Wildman–Crippen LogP) is 1.25. The average molecular weight is 358 g/mol. The fraction of sp³-hybridized carbons (Fsp3) is 0.278.